The minimum atomic E-state index is -0.673. The summed E-state index contributed by atoms with van der Waals surface area (Å²) in [6.07, 6.45) is 3.42. The van der Waals surface area contributed by atoms with Crippen LogP contribution in [0, 0.1) is 22.7 Å². The van der Waals surface area contributed by atoms with Crippen molar-refractivity contribution in [2.75, 3.05) is 32.1 Å². The number of ether oxygens (including phenoxy) is 2. The fourth-order valence-corrected chi connectivity index (χ4v) is 7.04. The Hall–Kier alpha value is -2.32. The van der Waals surface area contributed by atoms with Gasteiger partial charge in [0.2, 0.25) is 5.91 Å². The maximum atomic E-state index is 13.0. The zero-order valence-electron chi connectivity index (χ0n) is 21.2. The van der Waals surface area contributed by atoms with Gasteiger partial charge in [-0.1, -0.05) is 19.9 Å². The number of hydrogen-bond acceptors (Lipinski definition) is 6. The predicted molar refractivity (Wildman–Crippen MR) is 132 cm³/mol. The quantitative estimate of drug-likeness (QED) is 0.562. The molecular formula is C27H40N2O6. The van der Waals surface area contributed by atoms with Gasteiger partial charge in [0, 0.05) is 36.7 Å². The highest BCUT2D eigenvalue weighted by Crippen LogP contribution is 2.61. The van der Waals surface area contributed by atoms with Crippen molar-refractivity contribution < 1.29 is 29.3 Å². The van der Waals surface area contributed by atoms with E-state index in [1.807, 2.05) is 11.8 Å². The SMILES string of the molecule is COc1cccc(NC(=O)O[C@@H]2CC[C@]3(C)C(CC[C@@H](O)[C@H]3CC(=O)N3CCCC3)[C@]2(C)CO)c1. The van der Waals surface area contributed by atoms with Crippen LogP contribution in [-0.2, 0) is 9.53 Å². The lowest BCUT2D eigenvalue weighted by atomic mass is 9.46. The van der Waals surface area contributed by atoms with Crippen molar-refractivity contribution in [3.05, 3.63) is 24.3 Å². The minimum Gasteiger partial charge on any atom is -0.497 e. The number of hydrogen-bond donors (Lipinski definition) is 3. The minimum absolute atomic E-state index is 0.0168. The third kappa shape index (κ3) is 5.00. The number of carbonyl (C=O) groups excluding carboxylic acids is 2. The fraction of sp³-hybridized carbons (Fsp3) is 0.704. The van der Waals surface area contributed by atoms with E-state index in [0.717, 1.165) is 38.8 Å². The molecule has 1 unspecified atom stereocenters. The molecule has 3 aliphatic rings. The van der Waals surface area contributed by atoms with Crippen LogP contribution < -0.4 is 10.1 Å². The Balaban J connectivity index is 1.49. The van der Waals surface area contributed by atoms with Gasteiger partial charge in [-0.2, -0.15) is 0 Å². The summed E-state index contributed by atoms with van der Waals surface area (Å²) in [5.74, 6) is 0.594. The summed E-state index contributed by atoms with van der Waals surface area (Å²) in [4.78, 5) is 27.7. The largest absolute Gasteiger partial charge is 0.497 e. The summed E-state index contributed by atoms with van der Waals surface area (Å²) in [6.45, 7) is 5.61. The average Bonchev–Trinajstić information content (AvgIpc) is 3.38. The first-order chi connectivity index (χ1) is 16.7. The van der Waals surface area contributed by atoms with E-state index < -0.39 is 23.7 Å². The second-order valence-electron chi connectivity index (χ2n) is 11.1. The number of methoxy groups -OCH3 is 1. The van der Waals surface area contributed by atoms with Crippen molar-refractivity contribution in [3.63, 3.8) is 0 Å². The summed E-state index contributed by atoms with van der Waals surface area (Å²) in [5, 5.41) is 24.3. The molecule has 1 aromatic carbocycles. The van der Waals surface area contributed by atoms with E-state index in [1.165, 1.54) is 0 Å². The molecule has 1 aromatic rings. The molecule has 2 amide bonds. The van der Waals surface area contributed by atoms with Crippen molar-refractivity contribution in [2.45, 2.75) is 71.0 Å². The first-order valence-corrected chi connectivity index (χ1v) is 12.9. The lowest BCUT2D eigenvalue weighted by molar-refractivity contribution is -0.186. The number of rotatable bonds is 6. The molecule has 0 spiro atoms. The van der Waals surface area contributed by atoms with E-state index in [0.29, 0.717) is 30.7 Å². The van der Waals surface area contributed by atoms with Crippen molar-refractivity contribution in [1.29, 1.82) is 0 Å². The molecule has 3 N–H and O–H groups in total. The lowest BCUT2D eigenvalue weighted by Crippen LogP contribution is -2.61. The summed E-state index contributed by atoms with van der Waals surface area (Å²) < 4.78 is 11.1. The van der Waals surface area contributed by atoms with Crippen molar-refractivity contribution in [3.8, 4) is 5.75 Å². The van der Waals surface area contributed by atoms with Crippen LogP contribution in [-0.4, -0.2) is 66.1 Å². The second-order valence-corrected chi connectivity index (χ2v) is 11.1. The highest BCUT2D eigenvalue weighted by Gasteiger charge is 2.60. The number of benzene rings is 1. The van der Waals surface area contributed by atoms with Crippen LogP contribution in [0.4, 0.5) is 10.5 Å². The third-order valence-corrected chi connectivity index (χ3v) is 9.09. The second kappa shape index (κ2) is 10.3. The number of fused-ring (bicyclic) bond motifs is 1. The van der Waals surface area contributed by atoms with E-state index in [4.69, 9.17) is 9.47 Å². The van der Waals surface area contributed by atoms with E-state index >= 15 is 0 Å². The molecule has 6 atom stereocenters. The van der Waals surface area contributed by atoms with Gasteiger partial charge in [-0.15, -0.1) is 0 Å². The van der Waals surface area contributed by atoms with Crippen molar-refractivity contribution in [1.82, 2.24) is 4.90 Å². The molecular weight excluding hydrogens is 448 g/mol. The zero-order valence-corrected chi connectivity index (χ0v) is 21.2. The van der Waals surface area contributed by atoms with Gasteiger partial charge in [0.05, 0.1) is 19.8 Å². The summed E-state index contributed by atoms with van der Waals surface area (Å²) in [5.41, 5.74) is -0.427. The molecule has 0 aromatic heterocycles. The van der Waals surface area contributed by atoms with Gasteiger partial charge in [-0.05, 0) is 67.9 Å². The Labute approximate surface area is 208 Å². The van der Waals surface area contributed by atoms with E-state index in [9.17, 15) is 19.8 Å². The average molecular weight is 489 g/mol. The molecule has 4 rings (SSSR count). The van der Waals surface area contributed by atoms with Crippen molar-refractivity contribution >= 4 is 17.7 Å². The number of likely N-dealkylation sites (tertiary alicyclic amines) is 1. The molecule has 2 aliphatic carbocycles. The van der Waals surface area contributed by atoms with Crippen LogP contribution in [0.25, 0.3) is 0 Å². The van der Waals surface area contributed by atoms with E-state index in [1.54, 1.807) is 31.4 Å². The monoisotopic (exact) mass is 488 g/mol. The molecule has 0 radical (unpaired) electrons. The normalized spacial score (nSPS) is 34.7. The number of anilines is 1. The van der Waals surface area contributed by atoms with Gasteiger partial charge in [0.15, 0.2) is 0 Å². The maximum Gasteiger partial charge on any atom is 0.411 e. The first kappa shape index (κ1) is 25.8. The maximum absolute atomic E-state index is 13.0. The Morgan fingerprint density at radius 1 is 1.17 bits per heavy atom. The Morgan fingerprint density at radius 2 is 1.91 bits per heavy atom. The highest BCUT2D eigenvalue weighted by molar-refractivity contribution is 5.85. The van der Waals surface area contributed by atoms with Crippen LogP contribution in [0.3, 0.4) is 0 Å². The Kier molecular flexibility index (Phi) is 7.62. The van der Waals surface area contributed by atoms with Gasteiger partial charge in [-0.3, -0.25) is 10.1 Å². The van der Waals surface area contributed by atoms with Gasteiger partial charge in [0.25, 0.3) is 0 Å². The molecule has 3 fully saturated rings. The van der Waals surface area contributed by atoms with Crippen LogP contribution in [0.2, 0.25) is 0 Å². The molecule has 194 valence electrons. The van der Waals surface area contributed by atoms with Crippen molar-refractivity contribution in [2.24, 2.45) is 22.7 Å². The standard InChI is InChI=1S/C27H40N2O6/c1-26-12-11-23(35-25(33)28-18-7-6-8-19(15-18)34-3)27(2,17-30)22(26)10-9-21(31)20(26)16-24(32)29-13-4-5-14-29/h6-8,15,20-23,30-31H,4-5,9-14,16-17H2,1-3H3,(H,28,33)/t20-,21-,22?,23-,26+,27+/m1/s1. The molecule has 35 heavy (non-hydrogen) atoms. The molecule has 2 saturated carbocycles. The lowest BCUT2D eigenvalue weighted by Gasteiger charge is -2.60. The Morgan fingerprint density at radius 3 is 2.60 bits per heavy atom. The highest BCUT2D eigenvalue weighted by atomic mass is 16.6. The van der Waals surface area contributed by atoms with Crippen LogP contribution in [0.15, 0.2) is 24.3 Å². The molecule has 1 saturated heterocycles. The van der Waals surface area contributed by atoms with E-state index in [2.05, 4.69) is 12.2 Å². The zero-order chi connectivity index (χ0) is 25.2. The topological polar surface area (TPSA) is 108 Å². The summed E-state index contributed by atoms with van der Waals surface area (Å²) in [7, 11) is 1.57. The van der Waals surface area contributed by atoms with Gasteiger partial charge in [-0.25, -0.2) is 4.79 Å². The fourth-order valence-electron chi connectivity index (χ4n) is 7.04. The molecule has 1 heterocycles. The van der Waals surface area contributed by atoms with Gasteiger partial charge >= 0.3 is 6.09 Å². The predicted octanol–water partition coefficient (Wildman–Crippen LogP) is 3.81. The molecule has 8 heteroatoms. The smallest absolute Gasteiger partial charge is 0.411 e. The number of amides is 2. The number of aliphatic hydroxyl groups is 2. The van der Waals surface area contributed by atoms with Crippen LogP contribution >= 0.6 is 0 Å². The summed E-state index contributed by atoms with van der Waals surface area (Å²) >= 11 is 0. The third-order valence-electron chi connectivity index (χ3n) is 9.09. The number of carbonyl (C=O) groups is 2. The summed E-state index contributed by atoms with van der Waals surface area (Å²) in [6, 6.07) is 7.06. The Bertz CT molecular complexity index is 919. The first-order valence-electron chi connectivity index (χ1n) is 12.9. The van der Waals surface area contributed by atoms with Gasteiger partial charge in [0.1, 0.15) is 11.9 Å². The van der Waals surface area contributed by atoms with Crippen LogP contribution in [0.1, 0.15) is 58.8 Å². The number of nitrogens with zero attached hydrogens (tertiary/aromatic N) is 1. The number of nitrogens with one attached hydrogen (secondary N) is 1. The molecule has 1 aliphatic heterocycles. The van der Waals surface area contributed by atoms with Crippen LogP contribution in [0.5, 0.6) is 5.75 Å². The number of aliphatic hydroxyl groups excluding tert-OH is 2. The van der Waals surface area contributed by atoms with E-state index in [-0.39, 0.29) is 29.8 Å². The molecule has 0 bridgehead atoms. The van der Waals surface area contributed by atoms with Gasteiger partial charge < -0.3 is 24.6 Å². The molecule has 8 nitrogen and oxygen atoms in total.